The summed E-state index contributed by atoms with van der Waals surface area (Å²) in [7, 11) is 0. The number of carbonyl (C=O) groups is 4. The summed E-state index contributed by atoms with van der Waals surface area (Å²) >= 11 is 0. The van der Waals surface area contributed by atoms with Crippen LogP contribution in [0.1, 0.15) is 23.6 Å². The Kier molecular flexibility index (Phi) is 9.36. The highest BCUT2D eigenvalue weighted by Gasteiger charge is 2.37. The molecule has 10 nitrogen and oxygen atoms in total. The highest BCUT2D eigenvalue weighted by atomic mass is 16.5. The van der Waals surface area contributed by atoms with Crippen LogP contribution in [0.5, 0.6) is 0 Å². The van der Waals surface area contributed by atoms with Crippen LogP contribution >= 0.6 is 0 Å². The smallest absolute Gasteiger partial charge is 0.408 e. The fourth-order valence-corrected chi connectivity index (χ4v) is 4.54. The van der Waals surface area contributed by atoms with E-state index in [4.69, 9.17) is 10.5 Å². The second kappa shape index (κ2) is 13.3. The second-order valence-electron chi connectivity index (χ2n) is 9.95. The number of ether oxygens (including phenoxy) is 1. The van der Waals surface area contributed by atoms with E-state index in [0.29, 0.717) is 0 Å². The van der Waals surface area contributed by atoms with Gasteiger partial charge in [0.2, 0.25) is 17.7 Å². The normalized spacial score (nSPS) is 13.0. The lowest BCUT2D eigenvalue weighted by molar-refractivity contribution is -0.134. The number of nitrogens with one attached hydrogen (secondary N) is 4. The van der Waals surface area contributed by atoms with E-state index < -0.39 is 35.4 Å². The van der Waals surface area contributed by atoms with Crippen LogP contribution in [0, 0.1) is 0 Å². The van der Waals surface area contributed by atoms with Crippen molar-refractivity contribution in [2.24, 2.45) is 5.73 Å². The van der Waals surface area contributed by atoms with Crippen molar-refractivity contribution in [3.8, 4) is 0 Å². The molecule has 0 saturated heterocycles. The molecule has 0 radical (unpaired) electrons. The van der Waals surface area contributed by atoms with Crippen molar-refractivity contribution in [2.75, 3.05) is 6.54 Å². The van der Waals surface area contributed by atoms with Crippen LogP contribution in [0.2, 0.25) is 0 Å². The molecule has 1 aromatic heterocycles. The van der Waals surface area contributed by atoms with Crippen LogP contribution in [0.25, 0.3) is 10.9 Å². The summed E-state index contributed by atoms with van der Waals surface area (Å²) in [5.41, 5.74) is 7.02. The van der Waals surface area contributed by atoms with Gasteiger partial charge >= 0.3 is 6.09 Å². The number of rotatable bonds is 12. The number of primary amides is 1. The predicted molar refractivity (Wildman–Crippen MR) is 154 cm³/mol. The van der Waals surface area contributed by atoms with Gasteiger partial charge in [-0.25, -0.2) is 4.79 Å². The average molecular weight is 556 g/mol. The number of H-pyrrole nitrogens is 1. The Hall–Kier alpha value is -5.12. The Balaban J connectivity index is 1.57. The molecule has 0 bridgehead atoms. The van der Waals surface area contributed by atoms with Gasteiger partial charge in [-0.05, 0) is 29.7 Å². The standard InChI is InChI=1S/C31H33N5O5/c1-31(29(39)34-19-27(32)37,17-21-10-4-2-5-11-21)36-28(38)26(16-23-18-33-25-15-9-8-14-24(23)25)35-30(40)41-20-22-12-6-3-7-13-22/h2-15,18,26,33H,16-17,19-20H2,1H3,(H2,32,37)(H,34,39)(H,35,40)(H,36,38). The van der Waals surface area contributed by atoms with E-state index in [0.717, 1.165) is 27.6 Å². The number of para-hydroxylation sites is 1. The molecule has 0 aliphatic heterocycles. The lowest BCUT2D eigenvalue weighted by Gasteiger charge is -2.31. The molecule has 1 heterocycles. The second-order valence-corrected chi connectivity index (χ2v) is 9.95. The summed E-state index contributed by atoms with van der Waals surface area (Å²) in [5.74, 6) is -1.91. The Labute approximate surface area is 237 Å². The first-order valence-electron chi connectivity index (χ1n) is 13.2. The number of hydrogen-bond acceptors (Lipinski definition) is 5. The van der Waals surface area contributed by atoms with Crippen molar-refractivity contribution in [1.82, 2.24) is 20.9 Å². The van der Waals surface area contributed by atoms with Gasteiger partial charge in [-0.2, -0.15) is 0 Å². The Morgan fingerprint density at radius 3 is 2.22 bits per heavy atom. The fourth-order valence-electron chi connectivity index (χ4n) is 4.54. The number of carbonyl (C=O) groups excluding carboxylic acids is 4. The molecular formula is C31H33N5O5. The maximum atomic E-state index is 13.8. The number of fused-ring (bicyclic) bond motifs is 1. The zero-order valence-electron chi connectivity index (χ0n) is 22.7. The van der Waals surface area contributed by atoms with Gasteiger partial charge in [0.25, 0.3) is 0 Å². The van der Waals surface area contributed by atoms with Crippen LogP contribution in [0.15, 0.2) is 91.1 Å². The molecule has 41 heavy (non-hydrogen) atoms. The minimum absolute atomic E-state index is 0.0232. The lowest BCUT2D eigenvalue weighted by Crippen LogP contribution is -2.62. The lowest BCUT2D eigenvalue weighted by atomic mass is 9.90. The van der Waals surface area contributed by atoms with Gasteiger partial charge in [0.1, 0.15) is 18.2 Å². The van der Waals surface area contributed by atoms with E-state index in [9.17, 15) is 19.2 Å². The van der Waals surface area contributed by atoms with Crippen LogP contribution in [-0.2, 0) is 38.6 Å². The van der Waals surface area contributed by atoms with Crippen molar-refractivity contribution in [1.29, 1.82) is 0 Å². The van der Waals surface area contributed by atoms with E-state index in [1.165, 1.54) is 0 Å². The maximum Gasteiger partial charge on any atom is 0.408 e. The van der Waals surface area contributed by atoms with Crippen molar-refractivity contribution >= 4 is 34.7 Å². The predicted octanol–water partition coefficient (Wildman–Crippen LogP) is 2.72. The van der Waals surface area contributed by atoms with Gasteiger partial charge < -0.3 is 31.4 Å². The van der Waals surface area contributed by atoms with Crippen molar-refractivity contribution in [3.63, 3.8) is 0 Å². The Bertz CT molecular complexity index is 1510. The summed E-state index contributed by atoms with van der Waals surface area (Å²) in [6, 6.07) is 24.8. The molecule has 10 heteroatoms. The molecule has 6 N–H and O–H groups in total. The van der Waals surface area contributed by atoms with E-state index in [1.807, 2.05) is 84.9 Å². The number of aromatic nitrogens is 1. The fraction of sp³-hybridized carbons (Fsp3) is 0.226. The first kappa shape index (κ1) is 28.9. The number of nitrogens with two attached hydrogens (primary N) is 1. The molecule has 4 aromatic rings. The largest absolute Gasteiger partial charge is 0.445 e. The topological polar surface area (TPSA) is 155 Å². The van der Waals surface area contributed by atoms with E-state index in [2.05, 4.69) is 20.9 Å². The first-order valence-corrected chi connectivity index (χ1v) is 13.2. The van der Waals surface area contributed by atoms with Crippen LogP contribution in [0.4, 0.5) is 4.79 Å². The molecule has 4 amide bonds. The summed E-state index contributed by atoms with van der Waals surface area (Å²) in [4.78, 5) is 54.4. The van der Waals surface area contributed by atoms with Crippen LogP contribution in [-0.4, -0.2) is 46.9 Å². The van der Waals surface area contributed by atoms with Gasteiger partial charge in [-0.3, -0.25) is 14.4 Å². The highest BCUT2D eigenvalue weighted by molar-refractivity contribution is 5.96. The van der Waals surface area contributed by atoms with Gasteiger partial charge in [-0.1, -0.05) is 78.9 Å². The van der Waals surface area contributed by atoms with Crippen molar-refractivity contribution < 1.29 is 23.9 Å². The Morgan fingerprint density at radius 1 is 0.902 bits per heavy atom. The number of aromatic amines is 1. The molecule has 3 aromatic carbocycles. The van der Waals surface area contributed by atoms with Crippen LogP contribution in [0.3, 0.4) is 0 Å². The minimum Gasteiger partial charge on any atom is -0.445 e. The molecule has 212 valence electrons. The number of benzene rings is 3. The summed E-state index contributed by atoms with van der Waals surface area (Å²) in [6.07, 6.45) is 1.25. The van der Waals surface area contributed by atoms with Crippen LogP contribution < -0.4 is 21.7 Å². The molecule has 2 unspecified atom stereocenters. The quantitative estimate of drug-likeness (QED) is 0.182. The summed E-state index contributed by atoms with van der Waals surface area (Å²) in [5, 5.41) is 8.88. The van der Waals surface area contributed by atoms with Gasteiger partial charge in [0.05, 0.1) is 6.54 Å². The number of hydrogen-bond donors (Lipinski definition) is 5. The number of amides is 4. The van der Waals surface area contributed by atoms with E-state index in [1.54, 1.807) is 13.1 Å². The maximum absolute atomic E-state index is 13.8. The molecule has 0 aliphatic rings. The van der Waals surface area contributed by atoms with Gasteiger partial charge in [-0.15, -0.1) is 0 Å². The Morgan fingerprint density at radius 2 is 1.54 bits per heavy atom. The first-order chi connectivity index (χ1) is 19.7. The van der Waals surface area contributed by atoms with Crippen molar-refractivity contribution in [2.45, 2.75) is 38.0 Å². The summed E-state index contributed by atoms with van der Waals surface area (Å²) < 4.78 is 5.39. The third kappa shape index (κ3) is 7.95. The average Bonchev–Trinajstić information content (AvgIpc) is 3.38. The third-order valence-corrected chi connectivity index (χ3v) is 6.64. The molecule has 0 aliphatic carbocycles. The zero-order valence-corrected chi connectivity index (χ0v) is 22.7. The molecule has 0 spiro atoms. The van der Waals surface area contributed by atoms with E-state index in [-0.39, 0.29) is 26.0 Å². The molecule has 4 rings (SSSR count). The molecule has 0 saturated carbocycles. The number of alkyl carbamates (subject to hydrolysis) is 1. The molecule has 0 fully saturated rings. The SMILES string of the molecule is CC(Cc1ccccc1)(NC(=O)C(Cc1c[nH]c2ccccc12)NC(=O)OCc1ccccc1)C(=O)NCC(N)=O. The zero-order chi connectivity index (χ0) is 29.2. The van der Waals surface area contributed by atoms with Gasteiger partial charge in [0, 0.05) is 29.9 Å². The van der Waals surface area contributed by atoms with Crippen molar-refractivity contribution in [3.05, 3.63) is 108 Å². The highest BCUT2D eigenvalue weighted by Crippen LogP contribution is 2.20. The third-order valence-electron chi connectivity index (χ3n) is 6.64. The minimum atomic E-state index is -1.47. The molecular weight excluding hydrogens is 522 g/mol. The molecule has 2 atom stereocenters. The van der Waals surface area contributed by atoms with E-state index >= 15 is 0 Å². The summed E-state index contributed by atoms with van der Waals surface area (Å²) in [6.45, 7) is 1.20. The monoisotopic (exact) mass is 555 g/mol. The van der Waals surface area contributed by atoms with Gasteiger partial charge in [0.15, 0.2) is 0 Å².